The fourth-order valence-corrected chi connectivity index (χ4v) is 3.35. The minimum absolute atomic E-state index is 0.207. The maximum absolute atomic E-state index is 12.1. The monoisotopic (exact) mass is 332 g/mol. The van der Waals surface area contributed by atoms with Gasteiger partial charge < -0.3 is 10.6 Å². The summed E-state index contributed by atoms with van der Waals surface area (Å²) in [5, 5.41) is 7.36. The molecule has 1 aliphatic carbocycles. The number of imide groups is 1. The molecule has 1 aromatic carbocycles. The molecule has 5 nitrogen and oxygen atoms in total. The van der Waals surface area contributed by atoms with E-state index in [4.69, 9.17) is 0 Å². The van der Waals surface area contributed by atoms with Gasteiger partial charge in [0.1, 0.15) is 6.04 Å². The van der Waals surface area contributed by atoms with Crippen LogP contribution in [0.25, 0.3) is 0 Å². The first-order chi connectivity index (χ1) is 11.6. The van der Waals surface area contributed by atoms with E-state index in [1.807, 2.05) is 23.5 Å². The molecule has 2 rings (SSSR count). The molecule has 1 aromatic rings. The van der Waals surface area contributed by atoms with Crippen molar-refractivity contribution in [3.05, 3.63) is 35.9 Å². The lowest BCUT2D eigenvalue weighted by molar-refractivity contribution is -0.692. The minimum atomic E-state index is -0.360. The molecule has 0 spiro atoms. The molecule has 5 heteroatoms. The molecule has 0 aromatic heterocycles. The molecule has 0 aliphatic heterocycles. The number of carbonyl (C=O) groups excluding carboxylic acids is 2. The highest BCUT2D eigenvalue weighted by Gasteiger charge is 2.21. The van der Waals surface area contributed by atoms with Crippen molar-refractivity contribution in [3.8, 4) is 0 Å². The Morgan fingerprint density at radius 3 is 2.42 bits per heavy atom. The third-order valence-corrected chi connectivity index (χ3v) is 4.65. The van der Waals surface area contributed by atoms with Crippen molar-refractivity contribution in [2.45, 2.75) is 58.0 Å². The van der Waals surface area contributed by atoms with Gasteiger partial charge in [-0.3, -0.25) is 10.1 Å². The van der Waals surface area contributed by atoms with Crippen molar-refractivity contribution >= 4 is 11.9 Å². The normalized spacial score (nSPS) is 16.6. The van der Waals surface area contributed by atoms with Gasteiger partial charge in [0.25, 0.3) is 5.91 Å². The van der Waals surface area contributed by atoms with Crippen LogP contribution in [0.1, 0.15) is 57.6 Å². The number of quaternary nitrogens is 1. The first-order valence-electron chi connectivity index (χ1n) is 9.05. The number of nitrogens with one attached hydrogen (secondary N) is 2. The smallest absolute Gasteiger partial charge is 0.321 e. The minimum Gasteiger partial charge on any atom is -0.335 e. The van der Waals surface area contributed by atoms with Gasteiger partial charge >= 0.3 is 6.03 Å². The van der Waals surface area contributed by atoms with Crippen molar-refractivity contribution < 1.29 is 14.9 Å². The van der Waals surface area contributed by atoms with Crippen LogP contribution in [0.3, 0.4) is 0 Å². The maximum atomic E-state index is 12.1. The molecule has 0 heterocycles. The molecule has 24 heavy (non-hydrogen) atoms. The van der Waals surface area contributed by atoms with Crippen LogP contribution in [-0.2, 0) is 4.79 Å². The molecule has 0 unspecified atom stereocenters. The average Bonchev–Trinajstić information content (AvgIpc) is 2.56. The summed E-state index contributed by atoms with van der Waals surface area (Å²) in [6.45, 7) is 4.53. The lowest BCUT2D eigenvalue weighted by Crippen LogP contribution is -2.88. The third-order valence-electron chi connectivity index (χ3n) is 4.65. The van der Waals surface area contributed by atoms with Gasteiger partial charge in [0.2, 0.25) is 0 Å². The van der Waals surface area contributed by atoms with Crippen LogP contribution in [0, 0.1) is 5.92 Å². The summed E-state index contributed by atoms with van der Waals surface area (Å²) in [7, 11) is 0. The lowest BCUT2D eigenvalue weighted by Gasteiger charge is -2.23. The van der Waals surface area contributed by atoms with Crippen LogP contribution in [0.4, 0.5) is 4.79 Å². The van der Waals surface area contributed by atoms with E-state index in [1.54, 1.807) is 0 Å². The van der Waals surface area contributed by atoms with Crippen LogP contribution in [0.5, 0.6) is 0 Å². The number of benzene rings is 1. The number of nitrogens with two attached hydrogens (primary N) is 1. The van der Waals surface area contributed by atoms with Gasteiger partial charge in [-0.1, -0.05) is 63.4 Å². The van der Waals surface area contributed by atoms with E-state index in [0.29, 0.717) is 5.92 Å². The Balaban J connectivity index is 1.77. The van der Waals surface area contributed by atoms with E-state index in [1.165, 1.54) is 12.0 Å². The number of urea groups is 1. The van der Waals surface area contributed by atoms with E-state index in [0.717, 1.165) is 25.7 Å². The Labute approximate surface area is 144 Å². The van der Waals surface area contributed by atoms with Gasteiger partial charge in [0.15, 0.2) is 6.54 Å². The summed E-state index contributed by atoms with van der Waals surface area (Å²) in [6, 6.07) is 10.2. The zero-order chi connectivity index (χ0) is 17.4. The Morgan fingerprint density at radius 1 is 1.12 bits per heavy atom. The standard InChI is InChI=1S/C19H29N3O2/c1-14(2)18(15-9-5-3-6-10-15)20-13-17(23)22-19(24)21-16-11-7-4-8-12-16/h3,5-6,9-10,14,16,18,20H,4,7-8,11-13H2,1-2H3,(H2,21,22,23,24)/p+1/t18-/m1/s1. The number of hydrogen-bond donors (Lipinski definition) is 3. The van der Waals surface area contributed by atoms with Crippen LogP contribution < -0.4 is 16.0 Å². The van der Waals surface area contributed by atoms with E-state index in [2.05, 4.69) is 36.6 Å². The van der Waals surface area contributed by atoms with Crippen molar-refractivity contribution in [1.29, 1.82) is 0 Å². The first kappa shape index (κ1) is 18.5. The van der Waals surface area contributed by atoms with Crippen LogP contribution in [0.2, 0.25) is 0 Å². The SMILES string of the molecule is CC(C)[C@@H]([NH2+]CC(=O)NC(=O)NC1CCCCC1)c1ccccc1. The van der Waals surface area contributed by atoms with E-state index < -0.39 is 0 Å². The highest BCUT2D eigenvalue weighted by Crippen LogP contribution is 2.17. The topological polar surface area (TPSA) is 74.8 Å². The van der Waals surface area contributed by atoms with Crippen LogP contribution >= 0.6 is 0 Å². The molecule has 0 bridgehead atoms. The molecule has 1 aliphatic rings. The van der Waals surface area contributed by atoms with Gasteiger partial charge in [-0.05, 0) is 12.8 Å². The molecule has 132 valence electrons. The summed E-state index contributed by atoms with van der Waals surface area (Å²) in [5.74, 6) is 0.154. The van der Waals surface area contributed by atoms with Gasteiger partial charge in [-0.2, -0.15) is 0 Å². The highest BCUT2D eigenvalue weighted by molar-refractivity contribution is 5.94. The van der Waals surface area contributed by atoms with E-state index in [9.17, 15) is 9.59 Å². The van der Waals surface area contributed by atoms with Gasteiger partial charge in [-0.15, -0.1) is 0 Å². The fourth-order valence-electron chi connectivity index (χ4n) is 3.35. The molecule has 1 atom stereocenters. The molecule has 0 radical (unpaired) electrons. The second-order valence-corrected chi connectivity index (χ2v) is 6.98. The number of rotatable bonds is 6. The van der Waals surface area contributed by atoms with Crippen molar-refractivity contribution in [2.75, 3.05) is 6.54 Å². The molecular weight excluding hydrogens is 302 g/mol. The van der Waals surface area contributed by atoms with Crippen molar-refractivity contribution in [2.24, 2.45) is 5.92 Å². The number of amides is 3. The first-order valence-corrected chi connectivity index (χ1v) is 9.05. The van der Waals surface area contributed by atoms with Gasteiger partial charge in [0.05, 0.1) is 0 Å². The molecule has 4 N–H and O–H groups in total. The third kappa shape index (κ3) is 5.96. The largest absolute Gasteiger partial charge is 0.335 e. The zero-order valence-corrected chi connectivity index (χ0v) is 14.8. The maximum Gasteiger partial charge on any atom is 0.321 e. The van der Waals surface area contributed by atoms with Crippen LogP contribution in [0.15, 0.2) is 30.3 Å². The van der Waals surface area contributed by atoms with Gasteiger partial charge in [-0.25, -0.2) is 4.79 Å². The molecule has 3 amide bonds. The van der Waals surface area contributed by atoms with E-state index >= 15 is 0 Å². The molecular formula is C19H30N3O2+. The Bertz CT molecular complexity index is 525. The number of hydrogen-bond acceptors (Lipinski definition) is 2. The summed E-state index contributed by atoms with van der Waals surface area (Å²) < 4.78 is 0. The lowest BCUT2D eigenvalue weighted by atomic mass is 9.96. The van der Waals surface area contributed by atoms with Crippen LogP contribution in [-0.4, -0.2) is 24.5 Å². The summed E-state index contributed by atoms with van der Waals surface area (Å²) in [5.41, 5.74) is 1.20. The quantitative estimate of drug-likeness (QED) is 0.746. The predicted molar refractivity (Wildman–Crippen MR) is 94.4 cm³/mol. The Kier molecular flexibility index (Phi) is 7.25. The van der Waals surface area contributed by atoms with Crippen molar-refractivity contribution in [1.82, 2.24) is 10.6 Å². The highest BCUT2D eigenvalue weighted by atomic mass is 16.2. The number of carbonyl (C=O) groups is 2. The van der Waals surface area contributed by atoms with E-state index in [-0.39, 0.29) is 30.6 Å². The molecule has 1 fully saturated rings. The predicted octanol–water partition coefficient (Wildman–Crippen LogP) is 2.11. The zero-order valence-electron chi connectivity index (χ0n) is 14.8. The Hall–Kier alpha value is -1.88. The molecule has 1 saturated carbocycles. The summed E-state index contributed by atoms with van der Waals surface area (Å²) >= 11 is 0. The summed E-state index contributed by atoms with van der Waals surface area (Å²) in [4.78, 5) is 24.0. The second-order valence-electron chi connectivity index (χ2n) is 6.98. The second kappa shape index (κ2) is 9.42. The molecule has 0 saturated heterocycles. The average molecular weight is 332 g/mol. The Morgan fingerprint density at radius 2 is 1.79 bits per heavy atom. The van der Waals surface area contributed by atoms with Gasteiger partial charge in [0, 0.05) is 17.5 Å². The summed E-state index contributed by atoms with van der Waals surface area (Å²) in [6.07, 6.45) is 5.57. The van der Waals surface area contributed by atoms with Crippen molar-refractivity contribution in [3.63, 3.8) is 0 Å². The fraction of sp³-hybridized carbons (Fsp3) is 0.579.